The standard InChI is InChI=1S/C19H23ClN2O2/c1-24-18-8-4-16(5-9-18)14-21-12-11-19(23)22-13-10-15-2-6-17(20)7-3-15/h2-9,21H,10-14H2,1H3,(H,22,23). The summed E-state index contributed by atoms with van der Waals surface area (Å²) in [5.41, 5.74) is 2.33. The number of benzene rings is 2. The Kier molecular flexibility index (Phi) is 7.59. The van der Waals surface area contributed by atoms with Crippen molar-refractivity contribution in [2.75, 3.05) is 20.2 Å². The van der Waals surface area contributed by atoms with Gasteiger partial charge in [-0.3, -0.25) is 4.79 Å². The van der Waals surface area contributed by atoms with Crippen LogP contribution in [0.1, 0.15) is 17.5 Å². The first-order valence-electron chi connectivity index (χ1n) is 8.02. The number of rotatable bonds is 9. The fraction of sp³-hybridized carbons (Fsp3) is 0.316. The van der Waals surface area contributed by atoms with Gasteiger partial charge in [-0.15, -0.1) is 0 Å². The number of amides is 1. The first kappa shape index (κ1) is 18.3. The number of carbonyl (C=O) groups excluding carboxylic acids is 1. The van der Waals surface area contributed by atoms with Gasteiger partial charge in [0.1, 0.15) is 5.75 Å². The maximum absolute atomic E-state index is 11.8. The number of nitrogens with one attached hydrogen (secondary N) is 2. The van der Waals surface area contributed by atoms with Crippen molar-refractivity contribution in [3.8, 4) is 5.75 Å². The summed E-state index contributed by atoms with van der Waals surface area (Å²) in [5.74, 6) is 0.907. The van der Waals surface area contributed by atoms with Crippen LogP contribution in [0, 0.1) is 0 Å². The summed E-state index contributed by atoms with van der Waals surface area (Å²) >= 11 is 5.84. The Morgan fingerprint density at radius 3 is 2.33 bits per heavy atom. The summed E-state index contributed by atoms with van der Waals surface area (Å²) in [6, 6.07) is 15.6. The van der Waals surface area contributed by atoms with E-state index in [9.17, 15) is 4.79 Å². The van der Waals surface area contributed by atoms with Crippen LogP contribution in [-0.2, 0) is 17.8 Å². The van der Waals surface area contributed by atoms with Crippen molar-refractivity contribution < 1.29 is 9.53 Å². The lowest BCUT2D eigenvalue weighted by molar-refractivity contribution is -0.120. The average Bonchev–Trinajstić information content (AvgIpc) is 2.61. The van der Waals surface area contributed by atoms with E-state index in [4.69, 9.17) is 16.3 Å². The molecule has 0 unspecified atom stereocenters. The van der Waals surface area contributed by atoms with Gasteiger partial charge in [0.2, 0.25) is 5.91 Å². The molecular weight excluding hydrogens is 324 g/mol. The van der Waals surface area contributed by atoms with Crippen molar-refractivity contribution in [3.05, 3.63) is 64.7 Å². The highest BCUT2D eigenvalue weighted by Crippen LogP contribution is 2.11. The fourth-order valence-electron chi connectivity index (χ4n) is 2.26. The van der Waals surface area contributed by atoms with Crippen LogP contribution < -0.4 is 15.4 Å². The summed E-state index contributed by atoms with van der Waals surface area (Å²) in [5, 5.41) is 6.93. The van der Waals surface area contributed by atoms with Crippen LogP contribution >= 0.6 is 11.6 Å². The fourth-order valence-corrected chi connectivity index (χ4v) is 2.39. The summed E-state index contributed by atoms with van der Waals surface area (Å²) in [6.45, 7) is 2.03. The van der Waals surface area contributed by atoms with Gasteiger partial charge in [0.05, 0.1) is 7.11 Å². The van der Waals surface area contributed by atoms with E-state index in [2.05, 4.69) is 10.6 Å². The van der Waals surface area contributed by atoms with Gasteiger partial charge in [0, 0.05) is 31.1 Å². The van der Waals surface area contributed by atoms with E-state index in [1.165, 1.54) is 5.56 Å². The quantitative estimate of drug-likeness (QED) is 0.686. The molecule has 0 spiro atoms. The van der Waals surface area contributed by atoms with Gasteiger partial charge in [0.15, 0.2) is 0 Å². The normalized spacial score (nSPS) is 10.4. The molecule has 0 saturated heterocycles. The van der Waals surface area contributed by atoms with Crippen molar-refractivity contribution in [2.45, 2.75) is 19.4 Å². The van der Waals surface area contributed by atoms with E-state index < -0.39 is 0 Å². The number of halogens is 1. The summed E-state index contributed by atoms with van der Waals surface area (Å²) in [7, 11) is 1.65. The minimum Gasteiger partial charge on any atom is -0.497 e. The number of ether oxygens (including phenoxy) is 1. The predicted octanol–water partition coefficient (Wildman–Crippen LogP) is 3.19. The van der Waals surface area contributed by atoms with E-state index in [0.29, 0.717) is 19.5 Å². The molecule has 0 aliphatic heterocycles. The molecule has 2 N–H and O–H groups in total. The van der Waals surface area contributed by atoms with Crippen LogP contribution in [0.15, 0.2) is 48.5 Å². The molecule has 0 fully saturated rings. The second kappa shape index (κ2) is 9.96. The molecule has 0 saturated carbocycles. The molecule has 0 aliphatic rings. The third kappa shape index (κ3) is 6.60. The monoisotopic (exact) mass is 346 g/mol. The van der Waals surface area contributed by atoms with Gasteiger partial charge in [-0.1, -0.05) is 35.9 Å². The third-order valence-corrected chi connectivity index (χ3v) is 3.92. The smallest absolute Gasteiger partial charge is 0.221 e. The van der Waals surface area contributed by atoms with Gasteiger partial charge >= 0.3 is 0 Å². The predicted molar refractivity (Wildman–Crippen MR) is 97.5 cm³/mol. The Hall–Kier alpha value is -2.04. The Morgan fingerprint density at radius 2 is 1.67 bits per heavy atom. The lowest BCUT2D eigenvalue weighted by Crippen LogP contribution is -2.29. The lowest BCUT2D eigenvalue weighted by atomic mass is 10.1. The Balaban J connectivity index is 1.56. The second-order valence-corrected chi connectivity index (χ2v) is 5.94. The molecule has 2 aromatic carbocycles. The average molecular weight is 347 g/mol. The zero-order valence-electron chi connectivity index (χ0n) is 13.8. The number of methoxy groups -OCH3 is 1. The molecule has 0 aromatic heterocycles. The van der Waals surface area contributed by atoms with Crippen molar-refractivity contribution >= 4 is 17.5 Å². The minimum absolute atomic E-state index is 0.0613. The summed E-state index contributed by atoms with van der Waals surface area (Å²) in [4.78, 5) is 11.8. The Labute approximate surface area is 148 Å². The molecule has 0 heterocycles. The highest BCUT2D eigenvalue weighted by atomic mass is 35.5. The van der Waals surface area contributed by atoms with Crippen molar-refractivity contribution in [1.82, 2.24) is 10.6 Å². The van der Waals surface area contributed by atoms with Crippen molar-refractivity contribution in [3.63, 3.8) is 0 Å². The number of hydrogen-bond acceptors (Lipinski definition) is 3. The van der Waals surface area contributed by atoms with Crippen LogP contribution in [0.25, 0.3) is 0 Å². The molecule has 128 valence electrons. The molecule has 0 atom stereocenters. The highest BCUT2D eigenvalue weighted by molar-refractivity contribution is 6.30. The first-order valence-corrected chi connectivity index (χ1v) is 8.40. The largest absolute Gasteiger partial charge is 0.497 e. The van der Waals surface area contributed by atoms with E-state index >= 15 is 0 Å². The van der Waals surface area contributed by atoms with E-state index in [0.717, 1.165) is 29.3 Å². The highest BCUT2D eigenvalue weighted by Gasteiger charge is 2.01. The van der Waals surface area contributed by atoms with Crippen LogP contribution in [-0.4, -0.2) is 26.1 Å². The zero-order chi connectivity index (χ0) is 17.2. The topological polar surface area (TPSA) is 50.4 Å². The first-order chi connectivity index (χ1) is 11.7. The second-order valence-electron chi connectivity index (χ2n) is 5.50. The molecular formula is C19H23ClN2O2. The number of hydrogen-bond donors (Lipinski definition) is 2. The molecule has 0 bridgehead atoms. The Morgan fingerprint density at radius 1 is 1.00 bits per heavy atom. The SMILES string of the molecule is COc1ccc(CNCCC(=O)NCCc2ccc(Cl)cc2)cc1. The van der Waals surface area contributed by atoms with Gasteiger partial charge < -0.3 is 15.4 Å². The summed E-state index contributed by atoms with van der Waals surface area (Å²) in [6.07, 6.45) is 1.28. The van der Waals surface area contributed by atoms with E-state index in [1.807, 2.05) is 48.5 Å². The molecule has 4 nitrogen and oxygen atoms in total. The van der Waals surface area contributed by atoms with Gasteiger partial charge in [-0.05, 0) is 41.8 Å². The van der Waals surface area contributed by atoms with Crippen molar-refractivity contribution in [1.29, 1.82) is 0 Å². The molecule has 2 rings (SSSR count). The molecule has 5 heteroatoms. The lowest BCUT2D eigenvalue weighted by Gasteiger charge is -2.07. The molecule has 24 heavy (non-hydrogen) atoms. The van der Waals surface area contributed by atoms with E-state index in [1.54, 1.807) is 7.11 Å². The summed E-state index contributed by atoms with van der Waals surface area (Å²) < 4.78 is 5.12. The van der Waals surface area contributed by atoms with Gasteiger partial charge in [0.25, 0.3) is 0 Å². The zero-order valence-corrected chi connectivity index (χ0v) is 14.6. The number of carbonyl (C=O) groups is 1. The molecule has 0 aliphatic carbocycles. The molecule has 2 aromatic rings. The maximum atomic E-state index is 11.8. The molecule has 1 amide bonds. The van der Waals surface area contributed by atoms with Gasteiger partial charge in [-0.25, -0.2) is 0 Å². The van der Waals surface area contributed by atoms with Crippen LogP contribution in [0.2, 0.25) is 5.02 Å². The Bertz CT molecular complexity index is 627. The van der Waals surface area contributed by atoms with Crippen LogP contribution in [0.5, 0.6) is 5.75 Å². The minimum atomic E-state index is 0.0613. The van der Waals surface area contributed by atoms with Crippen LogP contribution in [0.3, 0.4) is 0 Å². The third-order valence-electron chi connectivity index (χ3n) is 3.67. The van der Waals surface area contributed by atoms with Gasteiger partial charge in [-0.2, -0.15) is 0 Å². The van der Waals surface area contributed by atoms with Crippen LogP contribution in [0.4, 0.5) is 0 Å². The maximum Gasteiger partial charge on any atom is 0.221 e. The van der Waals surface area contributed by atoms with E-state index in [-0.39, 0.29) is 5.91 Å². The molecule has 0 radical (unpaired) electrons. The van der Waals surface area contributed by atoms with Crippen molar-refractivity contribution in [2.24, 2.45) is 0 Å².